The van der Waals surface area contributed by atoms with Crippen LogP contribution in [0.25, 0.3) is 10.9 Å². The van der Waals surface area contributed by atoms with E-state index in [1.54, 1.807) is 12.4 Å². The summed E-state index contributed by atoms with van der Waals surface area (Å²) in [5.41, 5.74) is 7.00. The van der Waals surface area contributed by atoms with E-state index in [4.69, 9.17) is 11.6 Å². The Labute approximate surface area is 140 Å². The van der Waals surface area contributed by atoms with Crippen molar-refractivity contribution in [3.8, 4) is 0 Å². The molecule has 0 radical (unpaired) electrons. The Morgan fingerprint density at radius 1 is 1.09 bits per heavy atom. The minimum absolute atomic E-state index is 0.673. The van der Waals surface area contributed by atoms with Crippen molar-refractivity contribution in [1.29, 1.82) is 0 Å². The molecule has 5 heteroatoms. The zero-order valence-electron chi connectivity index (χ0n) is 13.0. The molecule has 0 aliphatic heterocycles. The third kappa shape index (κ3) is 3.60. The van der Waals surface area contributed by atoms with Crippen LogP contribution < -0.4 is 10.3 Å². The Hall–Kier alpha value is -2.59. The van der Waals surface area contributed by atoms with Gasteiger partial charge in [0.15, 0.2) is 0 Å². The number of anilines is 2. The fourth-order valence-electron chi connectivity index (χ4n) is 2.25. The minimum atomic E-state index is 0.673. The molecule has 0 amide bonds. The molecule has 0 bridgehead atoms. The van der Waals surface area contributed by atoms with Gasteiger partial charge in [-0.3, -0.25) is 10.4 Å². The van der Waals surface area contributed by atoms with Gasteiger partial charge in [0.1, 0.15) is 0 Å². The molecule has 2 aromatic carbocycles. The van der Waals surface area contributed by atoms with E-state index in [-0.39, 0.29) is 0 Å². The molecule has 1 aromatic heterocycles. The first-order valence-electron chi connectivity index (χ1n) is 7.24. The smallest absolute Gasteiger partial charge is 0.0738 e. The number of rotatable bonds is 4. The number of hydrogen-bond donors (Lipinski definition) is 1. The third-order valence-corrected chi connectivity index (χ3v) is 3.75. The summed E-state index contributed by atoms with van der Waals surface area (Å²) in [6.07, 6.45) is 3.53. The first-order valence-corrected chi connectivity index (χ1v) is 7.62. The molecule has 23 heavy (non-hydrogen) atoms. The quantitative estimate of drug-likeness (QED) is 0.571. The van der Waals surface area contributed by atoms with Crippen LogP contribution in [0.2, 0.25) is 5.02 Å². The fourth-order valence-corrected chi connectivity index (χ4v) is 2.42. The number of fused-ring (bicyclic) bond motifs is 1. The lowest BCUT2D eigenvalue weighted by Gasteiger charge is -2.11. The Morgan fingerprint density at radius 2 is 1.87 bits per heavy atom. The molecule has 0 unspecified atom stereocenters. The van der Waals surface area contributed by atoms with Crippen LogP contribution in [0.5, 0.6) is 0 Å². The standard InChI is InChI=1S/C18H17ClN4/c1-23(2)15-6-3-13(4-7-15)12-21-22-17-9-10-20-18-11-14(19)5-8-16(17)18/h3-12H,1-2H3,(H,20,22)/b21-12+. The average Bonchev–Trinajstić information content (AvgIpc) is 2.55. The maximum Gasteiger partial charge on any atom is 0.0738 e. The van der Waals surface area contributed by atoms with Gasteiger partial charge in [0.05, 0.1) is 17.4 Å². The van der Waals surface area contributed by atoms with E-state index in [1.807, 2.05) is 50.5 Å². The van der Waals surface area contributed by atoms with Crippen molar-refractivity contribution in [3.05, 3.63) is 65.3 Å². The summed E-state index contributed by atoms with van der Waals surface area (Å²) >= 11 is 6.00. The molecule has 0 fully saturated rings. The van der Waals surface area contributed by atoms with E-state index in [9.17, 15) is 0 Å². The second kappa shape index (κ2) is 6.67. The van der Waals surface area contributed by atoms with Gasteiger partial charge in [-0.1, -0.05) is 23.7 Å². The molecular formula is C18H17ClN4. The molecule has 3 rings (SSSR count). The number of benzene rings is 2. The van der Waals surface area contributed by atoms with Crippen LogP contribution in [0.15, 0.2) is 59.8 Å². The molecule has 1 N–H and O–H groups in total. The van der Waals surface area contributed by atoms with Crippen molar-refractivity contribution in [1.82, 2.24) is 4.98 Å². The first kappa shape index (κ1) is 15.3. The van der Waals surface area contributed by atoms with Crippen molar-refractivity contribution in [2.75, 3.05) is 24.4 Å². The molecule has 116 valence electrons. The van der Waals surface area contributed by atoms with Gasteiger partial charge < -0.3 is 4.90 Å². The highest BCUT2D eigenvalue weighted by Gasteiger charge is 2.01. The van der Waals surface area contributed by atoms with Gasteiger partial charge in [0, 0.05) is 36.4 Å². The van der Waals surface area contributed by atoms with E-state index in [0.29, 0.717) is 5.02 Å². The van der Waals surface area contributed by atoms with Gasteiger partial charge in [-0.15, -0.1) is 0 Å². The van der Waals surface area contributed by atoms with Crippen LogP contribution in [0, 0.1) is 0 Å². The largest absolute Gasteiger partial charge is 0.378 e. The highest BCUT2D eigenvalue weighted by Crippen LogP contribution is 2.24. The van der Waals surface area contributed by atoms with Crippen LogP contribution in [0.1, 0.15) is 5.56 Å². The number of aromatic nitrogens is 1. The first-order chi connectivity index (χ1) is 11.1. The highest BCUT2D eigenvalue weighted by atomic mass is 35.5. The molecule has 4 nitrogen and oxygen atoms in total. The van der Waals surface area contributed by atoms with Crippen LogP contribution in [-0.4, -0.2) is 25.3 Å². The summed E-state index contributed by atoms with van der Waals surface area (Å²) in [4.78, 5) is 6.38. The van der Waals surface area contributed by atoms with Gasteiger partial charge in [-0.05, 0) is 42.0 Å². The van der Waals surface area contributed by atoms with E-state index in [0.717, 1.165) is 27.8 Å². The molecule has 0 aliphatic rings. The lowest BCUT2D eigenvalue weighted by molar-refractivity contribution is 1.13. The summed E-state index contributed by atoms with van der Waals surface area (Å²) in [7, 11) is 4.04. The van der Waals surface area contributed by atoms with Crippen LogP contribution in [-0.2, 0) is 0 Å². The number of pyridine rings is 1. The predicted octanol–water partition coefficient (Wildman–Crippen LogP) is 4.40. The summed E-state index contributed by atoms with van der Waals surface area (Å²) in [5, 5.41) is 5.97. The van der Waals surface area contributed by atoms with Crippen molar-refractivity contribution >= 4 is 40.1 Å². The maximum atomic E-state index is 6.00. The molecular weight excluding hydrogens is 308 g/mol. The molecule has 0 aliphatic carbocycles. The van der Waals surface area contributed by atoms with Gasteiger partial charge in [0.2, 0.25) is 0 Å². The zero-order valence-corrected chi connectivity index (χ0v) is 13.7. The number of nitrogens with zero attached hydrogens (tertiary/aromatic N) is 3. The molecule has 0 saturated heterocycles. The fraction of sp³-hybridized carbons (Fsp3) is 0.111. The Kier molecular flexibility index (Phi) is 4.44. The Balaban J connectivity index is 1.77. The number of hydrogen-bond acceptors (Lipinski definition) is 4. The second-order valence-electron chi connectivity index (χ2n) is 5.38. The number of halogens is 1. The summed E-state index contributed by atoms with van der Waals surface area (Å²) < 4.78 is 0. The van der Waals surface area contributed by atoms with Crippen molar-refractivity contribution < 1.29 is 0 Å². The average molecular weight is 325 g/mol. The van der Waals surface area contributed by atoms with Gasteiger partial charge in [-0.25, -0.2) is 0 Å². The minimum Gasteiger partial charge on any atom is -0.378 e. The monoisotopic (exact) mass is 324 g/mol. The maximum absolute atomic E-state index is 6.00. The van der Waals surface area contributed by atoms with E-state index < -0.39 is 0 Å². The zero-order chi connectivity index (χ0) is 16.2. The van der Waals surface area contributed by atoms with E-state index >= 15 is 0 Å². The van der Waals surface area contributed by atoms with Crippen LogP contribution >= 0.6 is 11.6 Å². The summed E-state index contributed by atoms with van der Waals surface area (Å²) in [5.74, 6) is 0. The summed E-state index contributed by atoms with van der Waals surface area (Å²) in [6, 6.07) is 15.7. The van der Waals surface area contributed by atoms with Gasteiger partial charge in [0.25, 0.3) is 0 Å². The highest BCUT2D eigenvalue weighted by molar-refractivity contribution is 6.31. The molecule has 0 spiro atoms. The molecule has 0 atom stereocenters. The lowest BCUT2D eigenvalue weighted by atomic mass is 10.2. The Bertz CT molecular complexity index is 841. The predicted molar refractivity (Wildman–Crippen MR) is 98.7 cm³/mol. The van der Waals surface area contributed by atoms with Crippen LogP contribution in [0.4, 0.5) is 11.4 Å². The van der Waals surface area contributed by atoms with Crippen molar-refractivity contribution in [2.45, 2.75) is 0 Å². The lowest BCUT2D eigenvalue weighted by Crippen LogP contribution is -2.08. The normalized spacial score (nSPS) is 11.1. The molecule has 3 aromatic rings. The second-order valence-corrected chi connectivity index (χ2v) is 5.81. The topological polar surface area (TPSA) is 40.5 Å². The van der Waals surface area contributed by atoms with Gasteiger partial charge >= 0.3 is 0 Å². The van der Waals surface area contributed by atoms with Crippen molar-refractivity contribution in [3.63, 3.8) is 0 Å². The number of hydrazone groups is 1. The third-order valence-electron chi connectivity index (χ3n) is 3.51. The van der Waals surface area contributed by atoms with Crippen LogP contribution in [0.3, 0.4) is 0 Å². The van der Waals surface area contributed by atoms with Gasteiger partial charge in [-0.2, -0.15) is 5.10 Å². The van der Waals surface area contributed by atoms with E-state index in [2.05, 4.69) is 32.5 Å². The number of nitrogens with one attached hydrogen (secondary N) is 1. The Morgan fingerprint density at radius 3 is 2.61 bits per heavy atom. The molecule has 1 heterocycles. The van der Waals surface area contributed by atoms with E-state index in [1.165, 1.54) is 0 Å². The van der Waals surface area contributed by atoms with Crippen molar-refractivity contribution in [2.24, 2.45) is 5.10 Å². The molecule has 0 saturated carbocycles. The summed E-state index contributed by atoms with van der Waals surface area (Å²) in [6.45, 7) is 0. The SMILES string of the molecule is CN(C)c1ccc(/C=N/Nc2ccnc3cc(Cl)ccc23)cc1.